The third-order valence-electron chi connectivity index (χ3n) is 6.30. The van der Waals surface area contributed by atoms with Gasteiger partial charge in [0.25, 0.3) is 11.8 Å². The van der Waals surface area contributed by atoms with Gasteiger partial charge < -0.3 is 10.6 Å². The summed E-state index contributed by atoms with van der Waals surface area (Å²) in [5, 5.41) is 7.22. The van der Waals surface area contributed by atoms with Gasteiger partial charge in [-0.3, -0.25) is 9.59 Å². The summed E-state index contributed by atoms with van der Waals surface area (Å²) < 4.78 is 0. The second-order valence-corrected chi connectivity index (χ2v) is 10.4. The van der Waals surface area contributed by atoms with E-state index in [4.69, 9.17) is 16.6 Å². The highest BCUT2D eigenvalue weighted by atomic mass is 35.5. The Kier molecular flexibility index (Phi) is 7.22. The summed E-state index contributed by atoms with van der Waals surface area (Å²) in [5.74, 6) is -0.459. The van der Waals surface area contributed by atoms with E-state index in [-0.39, 0.29) is 11.8 Å². The number of hydrogen-bond acceptors (Lipinski definition) is 5. The fraction of sp³-hybridized carbons (Fsp3) is 0.133. The highest BCUT2D eigenvalue weighted by molar-refractivity contribution is 7.09. The van der Waals surface area contributed by atoms with Crippen LogP contribution in [-0.4, -0.2) is 21.8 Å². The second kappa shape index (κ2) is 10.7. The van der Waals surface area contributed by atoms with E-state index in [0.717, 1.165) is 38.2 Å². The quantitative estimate of drug-likeness (QED) is 0.240. The second-order valence-electron chi connectivity index (χ2n) is 9.09. The van der Waals surface area contributed by atoms with Crippen molar-refractivity contribution in [3.05, 3.63) is 110 Å². The number of hydrogen-bond donors (Lipinski definition) is 2. The van der Waals surface area contributed by atoms with Crippen molar-refractivity contribution in [2.45, 2.75) is 27.3 Å². The maximum atomic E-state index is 13.5. The van der Waals surface area contributed by atoms with Gasteiger partial charge in [-0.2, -0.15) is 0 Å². The first-order chi connectivity index (χ1) is 18.3. The van der Waals surface area contributed by atoms with E-state index in [1.54, 1.807) is 41.9 Å². The molecule has 2 amide bonds. The molecule has 5 aromatic rings. The molecule has 2 N–H and O–H groups in total. The molecule has 0 fully saturated rings. The zero-order chi connectivity index (χ0) is 26.8. The van der Waals surface area contributed by atoms with Gasteiger partial charge in [-0.05, 0) is 68.8 Å². The van der Waals surface area contributed by atoms with Crippen LogP contribution in [-0.2, 0) is 6.54 Å². The molecule has 0 atom stereocenters. The van der Waals surface area contributed by atoms with Crippen LogP contribution < -0.4 is 10.6 Å². The molecule has 3 aromatic carbocycles. The Morgan fingerprint density at radius 1 is 0.947 bits per heavy atom. The predicted molar refractivity (Wildman–Crippen MR) is 154 cm³/mol. The molecule has 190 valence electrons. The van der Waals surface area contributed by atoms with Crippen LogP contribution in [0.4, 0.5) is 5.69 Å². The number of halogens is 1. The lowest BCUT2D eigenvalue weighted by atomic mass is 9.99. The van der Waals surface area contributed by atoms with Gasteiger partial charge in [-0.15, -0.1) is 11.3 Å². The first kappa shape index (κ1) is 25.6. The minimum absolute atomic E-state index is 0.189. The van der Waals surface area contributed by atoms with Crippen LogP contribution >= 0.6 is 22.9 Å². The third-order valence-corrected chi connectivity index (χ3v) is 7.57. The van der Waals surface area contributed by atoms with Gasteiger partial charge in [0.05, 0.1) is 34.5 Å². The number of carbonyl (C=O) groups excluding carboxylic acids is 2. The Labute approximate surface area is 229 Å². The van der Waals surface area contributed by atoms with Crippen molar-refractivity contribution in [1.82, 2.24) is 15.3 Å². The minimum Gasteiger partial charge on any atom is -0.347 e. The lowest BCUT2D eigenvalue weighted by molar-refractivity contribution is 0.0950. The molecule has 0 unspecified atom stereocenters. The molecule has 0 aliphatic heterocycles. The SMILES string of the molecule is Cc1cc(C)c2nc(-c3ccccc3Cl)cc(C(=O)Nc3ccc(C(=O)NCc4scnc4C)cc3)c2c1. The average molecular weight is 541 g/mol. The highest BCUT2D eigenvalue weighted by Gasteiger charge is 2.17. The van der Waals surface area contributed by atoms with E-state index in [9.17, 15) is 9.59 Å². The van der Waals surface area contributed by atoms with Crippen LogP contribution in [0.3, 0.4) is 0 Å². The smallest absolute Gasteiger partial charge is 0.256 e. The van der Waals surface area contributed by atoms with Crippen molar-refractivity contribution in [1.29, 1.82) is 0 Å². The van der Waals surface area contributed by atoms with Gasteiger partial charge in [0, 0.05) is 32.1 Å². The van der Waals surface area contributed by atoms with Crippen LogP contribution in [0.2, 0.25) is 5.02 Å². The van der Waals surface area contributed by atoms with Crippen LogP contribution in [0.15, 0.2) is 72.2 Å². The molecule has 0 saturated carbocycles. The summed E-state index contributed by atoms with van der Waals surface area (Å²) in [4.78, 5) is 36.2. The number of rotatable bonds is 6. The van der Waals surface area contributed by atoms with Crippen LogP contribution in [0, 0.1) is 20.8 Å². The number of benzene rings is 3. The number of aryl methyl sites for hydroxylation is 3. The maximum absolute atomic E-state index is 13.5. The van der Waals surface area contributed by atoms with E-state index >= 15 is 0 Å². The number of fused-ring (bicyclic) bond motifs is 1. The summed E-state index contributed by atoms with van der Waals surface area (Å²) in [6.07, 6.45) is 0. The number of pyridine rings is 1. The van der Waals surface area contributed by atoms with Crippen LogP contribution in [0.5, 0.6) is 0 Å². The summed E-state index contributed by atoms with van der Waals surface area (Å²) >= 11 is 7.97. The molecule has 5 rings (SSSR count). The van der Waals surface area contributed by atoms with E-state index in [1.807, 2.05) is 51.1 Å². The summed E-state index contributed by atoms with van der Waals surface area (Å²) in [7, 11) is 0. The van der Waals surface area contributed by atoms with E-state index in [0.29, 0.717) is 34.1 Å². The molecular formula is C30H25ClN4O2S. The Bertz CT molecular complexity index is 1680. The van der Waals surface area contributed by atoms with Gasteiger partial charge in [-0.1, -0.05) is 41.4 Å². The zero-order valence-corrected chi connectivity index (χ0v) is 22.7. The molecule has 0 saturated heterocycles. The molecule has 0 aliphatic carbocycles. The lowest BCUT2D eigenvalue weighted by Gasteiger charge is -2.14. The standard InChI is InChI=1S/C30H25ClN4O2S/c1-17-12-18(2)28-23(13-17)24(14-26(35-28)22-6-4-5-7-25(22)31)30(37)34-21-10-8-20(9-11-21)29(36)32-15-27-19(3)33-16-38-27/h4-14,16H,15H2,1-3H3,(H,32,36)(H,34,37). The van der Waals surface area contributed by atoms with E-state index < -0.39 is 0 Å². The Morgan fingerprint density at radius 2 is 1.71 bits per heavy atom. The fourth-order valence-corrected chi connectivity index (χ4v) is 5.29. The normalized spacial score (nSPS) is 10.9. The van der Waals surface area contributed by atoms with Crippen LogP contribution in [0.25, 0.3) is 22.2 Å². The zero-order valence-electron chi connectivity index (χ0n) is 21.1. The first-order valence-corrected chi connectivity index (χ1v) is 13.3. The molecule has 38 heavy (non-hydrogen) atoms. The molecular weight excluding hydrogens is 516 g/mol. The average Bonchev–Trinajstić information content (AvgIpc) is 3.32. The molecule has 0 bridgehead atoms. The van der Waals surface area contributed by atoms with Gasteiger partial charge in [0.15, 0.2) is 0 Å². The fourth-order valence-electron chi connectivity index (χ4n) is 4.34. The van der Waals surface area contributed by atoms with Gasteiger partial charge in [0.1, 0.15) is 0 Å². The first-order valence-electron chi connectivity index (χ1n) is 12.1. The summed E-state index contributed by atoms with van der Waals surface area (Å²) in [6, 6.07) is 20.1. The number of amides is 2. The van der Waals surface area contributed by atoms with Crippen molar-refractivity contribution in [3.8, 4) is 11.3 Å². The number of nitrogens with zero attached hydrogens (tertiary/aromatic N) is 2. The number of carbonyl (C=O) groups is 2. The largest absolute Gasteiger partial charge is 0.347 e. The van der Waals surface area contributed by atoms with Crippen LogP contribution in [0.1, 0.15) is 42.4 Å². The summed E-state index contributed by atoms with van der Waals surface area (Å²) in [6.45, 7) is 6.33. The maximum Gasteiger partial charge on any atom is 0.256 e. The lowest BCUT2D eigenvalue weighted by Crippen LogP contribution is -2.22. The van der Waals surface area contributed by atoms with Crippen molar-refractivity contribution >= 4 is 51.3 Å². The molecule has 0 spiro atoms. The monoisotopic (exact) mass is 540 g/mol. The Hall–Kier alpha value is -4.07. The number of aromatic nitrogens is 2. The van der Waals surface area contributed by atoms with Gasteiger partial charge >= 0.3 is 0 Å². The van der Waals surface area contributed by atoms with Crippen molar-refractivity contribution in [2.24, 2.45) is 0 Å². The van der Waals surface area contributed by atoms with Crippen molar-refractivity contribution < 1.29 is 9.59 Å². The highest BCUT2D eigenvalue weighted by Crippen LogP contribution is 2.32. The molecule has 2 heterocycles. The van der Waals surface area contributed by atoms with Gasteiger partial charge in [-0.25, -0.2) is 9.97 Å². The van der Waals surface area contributed by atoms with Gasteiger partial charge in [0.2, 0.25) is 0 Å². The number of thiazole rings is 1. The molecule has 0 aliphatic rings. The summed E-state index contributed by atoms with van der Waals surface area (Å²) in [5.41, 5.74) is 8.43. The van der Waals surface area contributed by atoms with E-state index in [2.05, 4.69) is 15.6 Å². The number of nitrogens with one attached hydrogen (secondary N) is 2. The van der Waals surface area contributed by atoms with Crippen molar-refractivity contribution in [3.63, 3.8) is 0 Å². The predicted octanol–water partition coefficient (Wildman–Crippen LogP) is 7.12. The Balaban J connectivity index is 1.41. The molecule has 0 radical (unpaired) electrons. The molecule has 2 aromatic heterocycles. The Morgan fingerprint density at radius 3 is 2.42 bits per heavy atom. The van der Waals surface area contributed by atoms with Crippen molar-refractivity contribution in [2.75, 3.05) is 5.32 Å². The number of anilines is 1. The molecule has 6 nitrogen and oxygen atoms in total. The third kappa shape index (κ3) is 5.30. The topological polar surface area (TPSA) is 84.0 Å². The molecule has 8 heteroatoms. The van der Waals surface area contributed by atoms with E-state index in [1.165, 1.54) is 11.3 Å². The minimum atomic E-state index is -0.270.